The average Bonchev–Trinajstić information content (AvgIpc) is 2.87. The lowest BCUT2D eigenvalue weighted by molar-refractivity contribution is -0.175. The van der Waals surface area contributed by atoms with Crippen LogP contribution in [0.2, 0.25) is 0 Å². The van der Waals surface area contributed by atoms with Gasteiger partial charge in [0.25, 0.3) is 0 Å². The molecule has 1 atom stereocenters. The Labute approximate surface area is 216 Å². The van der Waals surface area contributed by atoms with E-state index >= 15 is 0 Å². The zero-order valence-electron chi connectivity index (χ0n) is 20.6. The third-order valence-electron chi connectivity index (χ3n) is 6.49. The normalized spacial score (nSPS) is 14.9. The molecule has 1 aliphatic rings. The minimum atomic E-state index is -5.01. The van der Waals surface area contributed by atoms with E-state index in [2.05, 4.69) is 6.07 Å². The van der Waals surface area contributed by atoms with Gasteiger partial charge in [-0.15, -0.1) is 0 Å². The Bertz CT molecular complexity index is 1400. The number of nitrogens with one attached hydrogen (secondary N) is 1. The van der Waals surface area contributed by atoms with Crippen molar-refractivity contribution in [1.82, 2.24) is 15.1 Å². The summed E-state index contributed by atoms with van der Waals surface area (Å²) in [6, 6.07) is 14.7. The minimum absolute atomic E-state index is 0.000385. The number of rotatable bonds is 7. The predicted molar refractivity (Wildman–Crippen MR) is 130 cm³/mol. The van der Waals surface area contributed by atoms with Crippen LogP contribution in [0.15, 0.2) is 54.6 Å². The van der Waals surface area contributed by atoms with Crippen molar-refractivity contribution in [2.75, 3.05) is 27.2 Å². The van der Waals surface area contributed by atoms with Gasteiger partial charge in [-0.05, 0) is 34.5 Å². The summed E-state index contributed by atoms with van der Waals surface area (Å²) in [5.41, 5.74) is 1.38. The molecule has 0 spiro atoms. The summed E-state index contributed by atoms with van der Waals surface area (Å²) in [7, 11) is 3.00. The summed E-state index contributed by atoms with van der Waals surface area (Å²) in [4.78, 5) is 28.1. The van der Waals surface area contributed by atoms with E-state index in [4.69, 9.17) is 4.74 Å². The standard InChI is InChI=1S/C27H24F4N4O3/c1-34(15-22-21-6-4-3-5-17(21)11-18(12-32)24(22)38-2)25(36)23(16-7-9-19(28)10-8-16)35-13-20(14-35)33-26(37)27(29,30)31/h3-11,20,23H,13-15H2,1-2H3,(H,33,37). The second-order valence-electron chi connectivity index (χ2n) is 9.04. The van der Waals surface area contributed by atoms with Gasteiger partial charge in [-0.1, -0.05) is 36.4 Å². The molecule has 198 valence electrons. The fourth-order valence-electron chi connectivity index (χ4n) is 4.64. The Morgan fingerprint density at radius 3 is 2.45 bits per heavy atom. The van der Waals surface area contributed by atoms with Crippen LogP contribution in [-0.2, 0) is 16.1 Å². The summed E-state index contributed by atoms with van der Waals surface area (Å²) in [6.07, 6.45) is -5.01. The van der Waals surface area contributed by atoms with Gasteiger partial charge in [0.15, 0.2) is 0 Å². The van der Waals surface area contributed by atoms with Gasteiger partial charge in [0, 0.05) is 32.2 Å². The van der Waals surface area contributed by atoms with Gasteiger partial charge in [-0.25, -0.2) is 4.39 Å². The lowest BCUT2D eigenvalue weighted by Crippen LogP contribution is -2.63. The van der Waals surface area contributed by atoms with Crippen molar-refractivity contribution >= 4 is 22.6 Å². The molecule has 1 aliphatic heterocycles. The van der Waals surface area contributed by atoms with Crippen LogP contribution < -0.4 is 10.1 Å². The van der Waals surface area contributed by atoms with Gasteiger partial charge in [-0.3, -0.25) is 14.5 Å². The second kappa shape index (κ2) is 10.7. The van der Waals surface area contributed by atoms with Gasteiger partial charge >= 0.3 is 12.1 Å². The summed E-state index contributed by atoms with van der Waals surface area (Å²) >= 11 is 0. The van der Waals surface area contributed by atoms with Gasteiger partial charge in [0.2, 0.25) is 5.91 Å². The van der Waals surface area contributed by atoms with Gasteiger partial charge in [0.1, 0.15) is 23.7 Å². The number of benzene rings is 3. The summed E-state index contributed by atoms with van der Waals surface area (Å²) < 4.78 is 57.1. The van der Waals surface area contributed by atoms with Crippen LogP contribution >= 0.6 is 0 Å². The van der Waals surface area contributed by atoms with Crippen LogP contribution in [0.25, 0.3) is 10.8 Å². The number of methoxy groups -OCH3 is 1. The number of nitrogens with zero attached hydrogens (tertiary/aromatic N) is 3. The molecule has 0 aromatic heterocycles. The SMILES string of the molecule is COc1c(C#N)cc2ccccc2c1CN(C)C(=O)C(c1ccc(F)cc1)N1CC(NC(=O)C(F)(F)F)C1. The first-order valence-electron chi connectivity index (χ1n) is 11.6. The Morgan fingerprint density at radius 1 is 1.18 bits per heavy atom. The maximum absolute atomic E-state index is 13.8. The van der Waals surface area contributed by atoms with Crippen molar-refractivity contribution in [2.24, 2.45) is 0 Å². The van der Waals surface area contributed by atoms with Crippen LogP contribution in [0, 0.1) is 17.1 Å². The first-order valence-corrected chi connectivity index (χ1v) is 11.6. The number of likely N-dealkylation sites (N-methyl/N-ethyl adjacent to an activating group) is 1. The van der Waals surface area contributed by atoms with E-state index < -0.39 is 35.9 Å². The van der Waals surface area contributed by atoms with Crippen LogP contribution in [0.3, 0.4) is 0 Å². The number of carbonyl (C=O) groups is 2. The predicted octanol–water partition coefficient (Wildman–Crippen LogP) is 3.92. The molecular weight excluding hydrogens is 504 g/mol. The van der Waals surface area contributed by atoms with Crippen molar-refractivity contribution in [3.63, 3.8) is 0 Å². The molecule has 1 fully saturated rings. The molecule has 7 nitrogen and oxygen atoms in total. The lowest BCUT2D eigenvalue weighted by atomic mass is 9.96. The molecule has 4 rings (SSSR count). The van der Waals surface area contributed by atoms with Crippen molar-refractivity contribution in [3.05, 3.63) is 77.1 Å². The highest BCUT2D eigenvalue weighted by Gasteiger charge is 2.44. The average molecular weight is 529 g/mol. The van der Waals surface area contributed by atoms with E-state index in [9.17, 15) is 32.4 Å². The maximum atomic E-state index is 13.8. The van der Waals surface area contributed by atoms with E-state index in [-0.39, 0.29) is 19.6 Å². The first-order chi connectivity index (χ1) is 18.0. The van der Waals surface area contributed by atoms with Gasteiger partial charge in [0.05, 0.1) is 18.7 Å². The number of halogens is 4. The van der Waals surface area contributed by atoms with Crippen LogP contribution in [-0.4, -0.2) is 61.1 Å². The summed E-state index contributed by atoms with van der Waals surface area (Å²) in [5.74, 6) is -2.61. The molecule has 1 saturated heterocycles. The largest absolute Gasteiger partial charge is 0.495 e. The molecule has 0 saturated carbocycles. The molecule has 1 N–H and O–H groups in total. The molecule has 2 amide bonds. The molecule has 1 heterocycles. The van der Waals surface area contributed by atoms with Gasteiger partial charge < -0.3 is 15.0 Å². The first kappa shape index (κ1) is 26.9. The number of carbonyl (C=O) groups excluding carboxylic acids is 2. The van der Waals surface area contributed by atoms with E-state index in [1.165, 1.54) is 36.3 Å². The van der Waals surface area contributed by atoms with Crippen LogP contribution in [0.5, 0.6) is 5.75 Å². The zero-order valence-corrected chi connectivity index (χ0v) is 20.6. The van der Waals surface area contributed by atoms with Crippen molar-refractivity contribution in [2.45, 2.75) is 24.8 Å². The van der Waals surface area contributed by atoms with E-state index in [1.807, 2.05) is 29.6 Å². The fraction of sp³-hybridized carbons (Fsp3) is 0.296. The Hall–Kier alpha value is -4.17. The third kappa shape index (κ3) is 5.40. The molecule has 0 radical (unpaired) electrons. The highest BCUT2D eigenvalue weighted by molar-refractivity contribution is 5.91. The van der Waals surface area contributed by atoms with E-state index in [0.717, 1.165) is 10.8 Å². The van der Waals surface area contributed by atoms with Crippen molar-refractivity contribution < 1.29 is 31.9 Å². The molecular formula is C27H24F4N4O3. The van der Waals surface area contributed by atoms with Crippen LogP contribution in [0.1, 0.15) is 22.7 Å². The smallest absolute Gasteiger partial charge is 0.471 e. The fourth-order valence-corrected chi connectivity index (χ4v) is 4.64. The number of fused-ring (bicyclic) bond motifs is 1. The molecule has 0 bridgehead atoms. The molecule has 3 aromatic carbocycles. The third-order valence-corrected chi connectivity index (χ3v) is 6.49. The zero-order chi connectivity index (χ0) is 27.6. The van der Waals surface area contributed by atoms with E-state index in [1.54, 1.807) is 18.0 Å². The Morgan fingerprint density at radius 2 is 1.84 bits per heavy atom. The molecule has 11 heteroatoms. The highest BCUT2D eigenvalue weighted by atomic mass is 19.4. The monoisotopic (exact) mass is 528 g/mol. The second-order valence-corrected chi connectivity index (χ2v) is 9.04. The van der Waals surface area contributed by atoms with Crippen molar-refractivity contribution in [3.8, 4) is 11.8 Å². The minimum Gasteiger partial charge on any atom is -0.495 e. The summed E-state index contributed by atoms with van der Waals surface area (Å²) in [5, 5.41) is 13.1. The topological polar surface area (TPSA) is 85.7 Å². The maximum Gasteiger partial charge on any atom is 0.471 e. The van der Waals surface area contributed by atoms with Crippen LogP contribution in [0.4, 0.5) is 17.6 Å². The quantitative estimate of drug-likeness (QED) is 0.470. The number of nitriles is 1. The number of amides is 2. The molecule has 0 aliphatic carbocycles. The molecule has 3 aromatic rings. The number of hydrogen-bond donors (Lipinski definition) is 1. The number of likely N-dealkylation sites (tertiary alicyclic amines) is 1. The lowest BCUT2D eigenvalue weighted by Gasteiger charge is -2.44. The summed E-state index contributed by atoms with van der Waals surface area (Å²) in [6.45, 7) is 0.0665. The number of ether oxygens (including phenoxy) is 1. The Balaban J connectivity index is 1.62. The number of alkyl halides is 3. The van der Waals surface area contributed by atoms with Gasteiger partial charge in [-0.2, -0.15) is 18.4 Å². The number of hydrogen-bond acceptors (Lipinski definition) is 5. The Kier molecular flexibility index (Phi) is 7.55. The van der Waals surface area contributed by atoms with E-state index in [0.29, 0.717) is 22.4 Å². The molecule has 38 heavy (non-hydrogen) atoms. The van der Waals surface area contributed by atoms with Crippen molar-refractivity contribution in [1.29, 1.82) is 5.26 Å². The molecule has 1 unspecified atom stereocenters. The highest BCUT2D eigenvalue weighted by Crippen LogP contribution is 2.34.